The second-order valence-corrected chi connectivity index (χ2v) is 8.85. The molecule has 29 heavy (non-hydrogen) atoms. The number of hydrogen-bond acceptors (Lipinski definition) is 5. The molecule has 0 saturated carbocycles. The van der Waals surface area contributed by atoms with Crippen molar-refractivity contribution >= 4 is 38.0 Å². The Kier molecular flexibility index (Phi) is 6.22. The molecule has 0 radical (unpaired) electrons. The van der Waals surface area contributed by atoms with Crippen molar-refractivity contribution in [3.8, 4) is 10.6 Å². The quantitative estimate of drug-likeness (QED) is 0.281. The first-order chi connectivity index (χ1) is 13.8. The first kappa shape index (κ1) is 20.9. The summed E-state index contributed by atoms with van der Waals surface area (Å²) in [4.78, 5) is 10.5. The Labute approximate surface area is 173 Å². The van der Waals surface area contributed by atoms with Crippen LogP contribution < -0.4 is 4.57 Å². The predicted molar refractivity (Wildman–Crippen MR) is 113 cm³/mol. The molecule has 0 aliphatic rings. The maximum Gasteiger partial charge on any atom is 0.269 e. The standard InChI is InChI=1S/C16H14NOS.C6H6O3S/c1-11-3-8-15-14(9-11)17(2)16(19-15)13-6-4-12(10-18)5-7-13;7-10(8,9)6-4-2-1-3-5-6/h3-10H,1-2H3;1-5H,(H,7,8,9)/q+1;/p-1. The molecule has 0 N–H and O–H groups in total. The van der Waals surface area contributed by atoms with Crippen LogP contribution in [0.5, 0.6) is 0 Å². The minimum absolute atomic E-state index is 0.185. The Morgan fingerprint density at radius 2 is 1.62 bits per heavy atom. The van der Waals surface area contributed by atoms with Gasteiger partial charge in [0.15, 0.2) is 0 Å². The van der Waals surface area contributed by atoms with Crippen molar-refractivity contribution in [2.24, 2.45) is 7.05 Å². The van der Waals surface area contributed by atoms with Crippen LogP contribution in [0, 0.1) is 6.92 Å². The van der Waals surface area contributed by atoms with E-state index >= 15 is 0 Å². The van der Waals surface area contributed by atoms with Gasteiger partial charge in [-0.05, 0) is 42.8 Å². The molecule has 1 aromatic heterocycles. The van der Waals surface area contributed by atoms with E-state index < -0.39 is 10.1 Å². The third kappa shape index (κ3) is 4.95. The highest BCUT2D eigenvalue weighted by Gasteiger charge is 2.18. The lowest BCUT2D eigenvalue weighted by molar-refractivity contribution is -0.629. The maximum atomic E-state index is 10.7. The van der Waals surface area contributed by atoms with Crippen molar-refractivity contribution in [3.05, 3.63) is 83.9 Å². The van der Waals surface area contributed by atoms with Gasteiger partial charge in [0.25, 0.3) is 5.01 Å². The Bertz CT molecular complexity index is 1250. The average molecular weight is 426 g/mol. The minimum Gasteiger partial charge on any atom is -0.744 e. The zero-order valence-corrected chi connectivity index (χ0v) is 17.5. The minimum atomic E-state index is -4.25. The summed E-state index contributed by atoms with van der Waals surface area (Å²) in [5, 5.41) is 1.21. The van der Waals surface area contributed by atoms with Gasteiger partial charge in [0, 0.05) is 11.6 Å². The number of benzene rings is 3. The van der Waals surface area contributed by atoms with Gasteiger partial charge in [0.1, 0.15) is 28.2 Å². The molecule has 0 amide bonds. The first-order valence-corrected chi connectivity index (χ1v) is 11.0. The molecular weight excluding hydrogens is 406 g/mol. The van der Waals surface area contributed by atoms with E-state index in [0.29, 0.717) is 5.56 Å². The topological polar surface area (TPSA) is 78.1 Å². The molecule has 0 fully saturated rings. The molecule has 3 aromatic carbocycles. The summed E-state index contributed by atoms with van der Waals surface area (Å²) in [6.45, 7) is 2.11. The monoisotopic (exact) mass is 425 g/mol. The third-order valence-corrected chi connectivity index (χ3v) is 6.43. The Hall–Kier alpha value is -2.87. The summed E-state index contributed by atoms with van der Waals surface area (Å²) in [6.07, 6.45) is 0.873. The summed E-state index contributed by atoms with van der Waals surface area (Å²) < 4.78 is 34.3. The number of nitrogens with zero attached hydrogens (tertiary/aromatic N) is 1. The SMILES string of the molecule is Cc1ccc2sc(-c3ccc(C=O)cc3)[n+](C)c2c1.O=S(=O)([O-])c1ccccc1. The van der Waals surface area contributed by atoms with Crippen molar-refractivity contribution in [2.75, 3.05) is 0 Å². The van der Waals surface area contributed by atoms with Crippen molar-refractivity contribution in [1.82, 2.24) is 0 Å². The zero-order valence-electron chi connectivity index (χ0n) is 15.9. The lowest BCUT2D eigenvalue weighted by Gasteiger charge is -2.04. The summed E-state index contributed by atoms with van der Waals surface area (Å²) in [5.41, 5.74) is 4.37. The van der Waals surface area contributed by atoms with Gasteiger partial charge in [0.2, 0.25) is 5.52 Å². The van der Waals surface area contributed by atoms with Crippen molar-refractivity contribution < 1.29 is 22.3 Å². The molecule has 1 heterocycles. The lowest BCUT2D eigenvalue weighted by atomic mass is 10.1. The van der Waals surface area contributed by atoms with Gasteiger partial charge >= 0.3 is 0 Å². The van der Waals surface area contributed by atoms with E-state index in [9.17, 15) is 17.8 Å². The fraction of sp³-hybridized carbons (Fsp3) is 0.0909. The Morgan fingerprint density at radius 1 is 0.966 bits per heavy atom. The van der Waals surface area contributed by atoms with Crippen molar-refractivity contribution in [1.29, 1.82) is 0 Å². The van der Waals surface area contributed by atoms with E-state index in [-0.39, 0.29) is 4.90 Å². The number of rotatable bonds is 3. The fourth-order valence-electron chi connectivity index (χ4n) is 2.80. The van der Waals surface area contributed by atoms with Gasteiger partial charge in [-0.25, -0.2) is 8.42 Å². The molecule has 0 unspecified atom stereocenters. The van der Waals surface area contributed by atoms with Crippen LogP contribution in [0.25, 0.3) is 20.8 Å². The highest BCUT2D eigenvalue weighted by Crippen LogP contribution is 2.28. The second kappa shape index (κ2) is 8.65. The normalized spacial score (nSPS) is 11.0. The molecule has 148 valence electrons. The van der Waals surface area contributed by atoms with Gasteiger partial charge in [-0.15, -0.1) is 0 Å². The molecule has 4 aromatic rings. The van der Waals surface area contributed by atoms with Crippen LogP contribution in [0.3, 0.4) is 0 Å². The first-order valence-electron chi connectivity index (χ1n) is 8.75. The highest BCUT2D eigenvalue weighted by molar-refractivity contribution is 7.85. The number of aromatic nitrogens is 1. The van der Waals surface area contributed by atoms with E-state index in [2.05, 4.69) is 36.7 Å². The fourth-order valence-corrected chi connectivity index (χ4v) is 4.43. The van der Waals surface area contributed by atoms with Gasteiger partial charge in [-0.1, -0.05) is 47.7 Å². The van der Waals surface area contributed by atoms with Gasteiger partial charge in [-0.2, -0.15) is 4.57 Å². The largest absolute Gasteiger partial charge is 0.744 e. The highest BCUT2D eigenvalue weighted by atomic mass is 32.2. The summed E-state index contributed by atoms with van der Waals surface area (Å²) in [7, 11) is -2.17. The molecular formula is C22H19NO4S2. The van der Waals surface area contributed by atoms with Crippen LogP contribution >= 0.6 is 11.3 Å². The summed E-state index contributed by atoms with van der Waals surface area (Å²) in [6, 6.07) is 21.4. The van der Waals surface area contributed by atoms with Crippen LogP contribution in [0.2, 0.25) is 0 Å². The van der Waals surface area contributed by atoms with Crippen molar-refractivity contribution in [2.45, 2.75) is 11.8 Å². The van der Waals surface area contributed by atoms with Crippen LogP contribution in [0.1, 0.15) is 15.9 Å². The number of carbonyl (C=O) groups excluding carboxylic acids is 1. The van der Waals surface area contributed by atoms with E-state index in [0.717, 1.165) is 11.8 Å². The molecule has 0 atom stereocenters. The smallest absolute Gasteiger partial charge is 0.269 e. The predicted octanol–water partition coefficient (Wildman–Crippen LogP) is 4.10. The van der Waals surface area contributed by atoms with Gasteiger partial charge in [-0.3, -0.25) is 4.79 Å². The van der Waals surface area contributed by atoms with Crippen molar-refractivity contribution in [3.63, 3.8) is 0 Å². The third-order valence-electron chi connectivity index (χ3n) is 4.31. The van der Waals surface area contributed by atoms with E-state index in [1.165, 1.54) is 45.1 Å². The summed E-state index contributed by atoms with van der Waals surface area (Å²) in [5.74, 6) is 0. The van der Waals surface area contributed by atoms with Crippen LogP contribution in [0.4, 0.5) is 0 Å². The van der Waals surface area contributed by atoms with Crippen LogP contribution in [-0.4, -0.2) is 19.3 Å². The van der Waals surface area contributed by atoms with E-state index in [4.69, 9.17) is 0 Å². The number of aldehydes is 1. The molecule has 5 nitrogen and oxygen atoms in total. The summed E-state index contributed by atoms with van der Waals surface area (Å²) >= 11 is 1.77. The van der Waals surface area contributed by atoms with E-state index in [1.807, 2.05) is 24.3 Å². The number of fused-ring (bicyclic) bond motifs is 1. The number of aryl methyl sites for hydroxylation is 2. The molecule has 0 spiro atoms. The Balaban J connectivity index is 0.000000204. The van der Waals surface area contributed by atoms with Gasteiger partial charge < -0.3 is 4.55 Å². The molecule has 7 heteroatoms. The number of hydrogen-bond donors (Lipinski definition) is 0. The molecule has 0 aliphatic heterocycles. The Morgan fingerprint density at radius 3 is 2.17 bits per heavy atom. The average Bonchev–Trinajstić information content (AvgIpc) is 3.05. The zero-order chi connectivity index (χ0) is 21.0. The van der Waals surface area contributed by atoms with Gasteiger partial charge in [0.05, 0.1) is 10.5 Å². The number of thiazole rings is 1. The molecule has 0 saturated heterocycles. The van der Waals surface area contributed by atoms with Crippen LogP contribution in [0.15, 0.2) is 77.7 Å². The van der Waals surface area contributed by atoms with Crippen LogP contribution in [-0.2, 0) is 17.2 Å². The maximum absolute atomic E-state index is 10.7. The number of carbonyl (C=O) groups is 1. The molecule has 4 rings (SSSR count). The second-order valence-electron chi connectivity index (χ2n) is 6.44. The van der Waals surface area contributed by atoms with E-state index in [1.54, 1.807) is 17.4 Å². The lowest BCUT2D eigenvalue weighted by Crippen LogP contribution is -2.28. The molecule has 0 bridgehead atoms. The molecule has 0 aliphatic carbocycles.